The van der Waals surface area contributed by atoms with E-state index >= 15 is 0 Å². The molecule has 0 aromatic heterocycles. The van der Waals surface area contributed by atoms with E-state index in [1.54, 1.807) is 0 Å². The number of hydrogen-bond acceptors (Lipinski definition) is 3. The summed E-state index contributed by atoms with van der Waals surface area (Å²) in [7, 11) is 8.55. The number of carbonyl (C=O) groups is 1. The van der Waals surface area contributed by atoms with E-state index in [2.05, 4.69) is 59.1 Å². The van der Waals surface area contributed by atoms with Crippen LogP contribution in [-0.2, 0) is 4.79 Å². The van der Waals surface area contributed by atoms with Crippen molar-refractivity contribution in [2.45, 2.75) is 78.1 Å². The molecular formula is C26H47N2O2+. The van der Waals surface area contributed by atoms with Crippen LogP contribution < -0.4 is 4.74 Å². The van der Waals surface area contributed by atoms with E-state index in [0.717, 1.165) is 23.4 Å². The molecule has 0 aliphatic carbocycles. The summed E-state index contributed by atoms with van der Waals surface area (Å²) >= 11 is 0. The minimum absolute atomic E-state index is 0.134. The lowest BCUT2D eigenvalue weighted by molar-refractivity contribution is -0.883. The highest BCUT2D eigenvalue weighted by atomic mass is 16.5. The number of rotatable bonds is 15. The summed E-state index contributed by atoms with van der Waals surface area (Å²) < 4.78 is 6.46. The van der Waals surface area contributed by atoms with Gasteiger partial charge in [-0.25, -0.2) is 4.79 Å². The topological polar surface area (TPSA) is 29.5 Å². The summed E-state index contributed by atoms with van der Waals surface area (Å²) in [5.41, 5.74) is 2.22. The molecule has 0 fully saturated rings. The average molecular weight is 420 g/mol. The first-order valence-corrected chi connectivity index (χ1v) is 11.9. The van der Waals surface area contributed by atoms with Crippen molar-refractivity contribution in [1.29, 1.82) is 0 Å². The van der Waals surface area contributed by atoms with Crippen molar-refractivity contribution in [3.63, 3.8) is 0 Å². The lowest BCUT2D eigenvalue weighted by atomic mass is 10.0. The van der Waals surface area contributed by atoms with E-state index in [9.17, 15) is 4.79 Å². The van der Waals surface area contributed by atoms with Crippen LogP contribution in [0, 0.1) is 6.92 Å². The number of quaternary nitrogens is 1. The zero-order valence-corrected chi connectivity index (χ0v) is 20.8. The molecule has 0 radical (unpaired) electrons. The minimum atomic E-state index is -0.134. The smallest absolute Gasteiger partial charge is 0.367 e. The molecule has 0 saturated heterocycles. The Balaban J connectivity index is 2.26. The molecule has 0 amide bonds. The van der Waals surface area contributed by atoms with Crippen molar-refractivity contribution in [2.24, 2.45) is 0 Å². The predicted octanol–water partition coefficient (Wildman–Crippen LogP) is 5.78. The molecule has 30 heavy (non-hydrogen) atoms. The van der Waals surface area contributed by atoms with E-state index in [-0.39, 0.29) is 5.97 Å². The Morgan fingerprint density at radius 2 is 1.53 bits per heavy atom. The van der Waals surface area contributed by atoms with Gasteiger partial charge in [0.1, 0.15) is 5.75 Å². The van der Waals surface area contributed by atoms with Crippen LogP contribution in [-0.4, -0.2) is 63.2 Å². The van der Waals surface area contributed by atoms with Crippen molar-refractivity contribution in [2.75, 3.05) is 47.8 Å². The number of benzene rings is 1. The lowest BCUT2D eigenvalue weighted by Gasteiger charge is -2.28. The fourth-order valence-electron chi connectivity index (χ4n) is 3.82. The monoisotopic (exact) mass is 419 g/mol. The van der Waals surface area contributed by atoms with Crippen LogP contribution in [0.1, 0.15) is 82.3 Å². The second-order valence-electron chi connectivity index (χ2n) is 10.1. The van der Waals surface area contributed by atoms with E-state index in [1.165, 1.54) is 57.9 Å². The van der Waals surface area contributed by atoms with Crippen LogP contribution in [0.4, 0.5) is 0 Å². The molecule has 0 heterocycles. The molecule has 0 atom stereocenters. The van der Waals surface area contributed by atoms with Gasteiger partial charge in [-0.3, -0.25) is 0 Å². The van der Waals surface area contributed by atoms with Crippen LogP contribution >= 0.6 is 0 Å². The minimum Gasteiger partial charge on any atom is -0.422 e. The predicted molar refractivity (Wildman–Crippen MR) is 128 cm³/mol. The van der Waals surface area contributed by atoms with Crippen molar-refractivity contribution in [1.82, 2.24) is 4.90 Å². The van der Waals surface area contributed by atoms with Gasteiger partial charge in [-0.05, 0) is 69.9 Å². The third kappa shape index (κ3) is 11.7. The highest BCUT2D eigenvalue weighted by Gasteiger charge is 2.22. The van der Waals surface area contributed by atoms with Gasteiger partial charge in [0.05, 0.1) is 20.6 Å². The van der Waals surface area contributed by atoms with Crippen molar-refractivity contribution in [3.05, 3.63) is 29.3 Å². The number of esters is 1. The molecule has 0 saturated carbocycles. The quantitative estimate of drug-likeness (QED) is 0.156. The molecule has 1 aromatic rings. The van der Waals surface area contributed by atoms with Crippen LogP contribution in [0.5, 0.6) is 5.75 Å². The zero-order chi connectivity index (χ0) is 22.6. The van der Waals surface area contributed by atoms with Gasteiger partial charge in [0.15, 0.2) is 6.54 Å². The summed E-state index contributed by atoms with van der Waals surface area (Å²) in [6, 6.07) is 6.13. The third-order valence-electron chi connectivity index (χ3n) is 5.69. The number of likely N-dealkylation sites (N-methyl/N-ethyl adjacent to an activating group) is 1. The molecule has 4 nitrogen and oxygen atoms in total. The van der Waals surface area contributed by atoms with Crippen LogP contribution in [0.25, 0.3) is 0 Å². The number of nitrogens with zero attached hydrogens (tertiary/aromatic N) is 2. The van der Waals surface area contributed by atoms with Gasteiger partial charge >= 0.3 is 5.97 Å². The molecule has 0 aliphatic heterocycles. The maximum atomic E-state index is 12.6. The molecule has 0 N–H and O–H groups in total. The Labute approximate surface area is 186 Å². The van der Waals surface area contributed by atoms with Crippen LogP contribution in [0.2, 0.25) is 0 Å². The molecule has 0 bridgehead atoms. The summed E-state index contributed by atoms with van der Waals surface area (Å²) in [4.78, 5) is 14.8. The number of carbonyl (C=O) groups excluding carboxylic acids is 1. The van der Waals surface area contributed by atoms with Gasteiger partial charge in [0.2, 0.25) is 0 Å². The molecule has 0 aliphatic rings. The summed E-state index contributed by atoms with van der Waals surface area (Å²) in [5.74, 6) is 0.926. The maximum absolute atomic E-state index is 12.6. The molecule has 172 valence electrons. The maximum Gasteiger partial charge on any atom is 0.367 e. The number of unbranched alkanes of at least 4 members (excludes halogenated alkanes) is 7. The molecule has 1 rings (SSSR count). The summed E-state index contributed by atoms with van der Waals surface area (Å²) in [6.07, 6.45) is 10.4. The third-order valence-corrected chi connectivity index (χ3v) is 5.69. The molecule has 1 aromatic carbocycles. The van der Waals surface area contributed by atoms with Crippen molar-refractivity contribution < 1.29 is 14.0 Å². The van der Waals surface area contributed by atoms with E-state index in [0.29, 0.717) is 16.9 Å². The van der Waals surface area contributed by atoms with Crippen LogP contribution in [0.3, 0.4) is 0 Å². The van der Waals surface area contributed by atoms with Gasteiger partial charge in [0.25, 0.3) is 0 Å². The first-order valence-electron chi connectivity index (χ1n) is 11.9. The van der Waals surface area contributed by atoms with Gasteiger partial charge in [-0.1, -0.05) is 58.1 Å². The molecule has 0 spiro atoms. The van der Waals surface area contributed by atoms with E-state index in [1.807, 2.05) is 13.0 Å². The summed E-state index contributed by atoms with van der Waals surface area (Å²) in [6.45, 7) is 8.93. The van der Waals surface area contributed by atoms with Gasteiger partial charge in [0, 0.05) is 0 Å². The SMILES string of the molecule is Cc1ccc(C(C)C)c(OC(=O)C[N+](C)(C)CCCCCCCCCCN(C)C)c1. The fourth-order valence-corrected chi connectivity index (χ4v) is 3.82. The second-order valence-corrected chi connectivity index (χ2v) is 10.1. The zero-order valence-electron chi connectivity index (χ0n) is 20.8. The summed E-state index contributed by atoms with van der Waals surface area (Å²) in [5, 5.41) is 0. The number of ether oxygens (including phenoxy) is 1. The Morgan fingerprint density at radius 3 is 2.10 bits per heavy atom. The second kappa shape index (κ2) is 13.8. The Hall–Kier alpha value is -1.39. The van der Waals surface area contributed by atoms with Crippen LogP contribution in [0.15, 0.2) is 18.2 Å². The normalized spacial score (nSPS) is 12.0. The first kappa shape index (κ1) is 26.6. The fraction of sp³-hybridized carbons (Fsp3) is 0.731. The average Bonchev–Trinajstić information content (AvgIpc) is 2.62. The Morgan fingerprint density at radius 1 is 0.967 bits per heavy atom. The van der Waals surface area contributed by atoms with Crippen molar-refractivity contribution >= 4 is 5.97 Å². The van der Waals surface area contributed by atoms with E-state index < -0.39 is 0 Å². The lowest BCUT2D eigenvalue weighted by Crippen LogP contribution is -2.45. The largest absolute Gasteiger partial charge is 0.422 e. The number of aryl methyl sites for hydroxylation is 1. The Bertz CT molecular complexity index is 623. The first-order chi connectivity index (χ1) is 14.1. The molecule has 4 heteroatoms. The van der Waals surface area contributed by atoms with E-state index in [4.69, 9.17) is 4.74 Å². The Kier molecular flexibility index (Phi) is 12.3. The van der Waals surface area contributed by atoms with Gasteiger partial charge in [-0.15, -0.1) is 0 Å². The highest BCUT2D eigenvalue weighted by molar-refractivity contribution is 5.74. The highest BCUT2D eigenvalue weighted by Crippen LogP contribution is 2.27. The standard InChI is InChI=1S/C26H47N2O2/c1-22(2)24-17-16-23(3)20-25(24)30-26(29)21-28(6,7)19-15-13-11-9-8-10-12-14-18-27(4)5/h16-17,20,22H,8-15,18-19,21H2,1-7H3/q+1. The van der Waals surface area contributed by atoms with Crippen molar-refractivity contribution in [3.8, 4) is 5.75 Å². The number of hydrogen-bond donors (Lipinski definition) is 0. The van der Waals surface area contributed by atoms with Gasteiger partial charge in [-0.2, -0.15) is 0 Å². The molecule has 0 unspecified atom stereocenters. The molecular weight excluding hydrogens is 372 g/mol. The van der Waals surface area contributed by atoms with Gasteiger partial charge < -0.3 is 14.1 Å².